The molecule has 1 aromatic heterocycles. The van der Waals surface area contributed by atoms with Gasteiger partial charge < -0.3 is 29.6 Å². The summed E-state index contributed by atoms with van der Waals surface area (Å²) in [5.74, 6) is -0.733. The van der Waals surface area contributed by atoms with Crippen LogP contribution in [0.5, 0.6) is 0 Å². The van der Waals surface area contributed by atoms with Gasteiger partial charge in [-0.1, -0.05) is 70.4 Å². The zero-order chi connectivity index (χ0) is 36.0. The summed E-state index contributed by atoms with van der Waals surface area (Å²) < 4.78 is 46.9. The average Bonchev–Trinajstić information content (AvgIpc) is 3.53. The Morgan fingerprint density at radius 1 is 1.02 bits per heavy atom. The predicted octanol–water partition coefficient (Wildman–Crippen LogP) is 6.03. The number of nitrogens with one attached hydrogen (secondary N) is 1. The Kier molecular flexibility index (Phi) is 10.3. The first-order valence-corrected chi connectivity index (χ1v) is 19.5. The highest BCUT2D eigenvalue weighted by Gasteiger charge is 2.50. The van der Waals surface area contributed by atoms with Crippen molar-refractivity contribution in [3.05, 3.63) is 70.1 Å². The lowest BCUT2D eigenvalue weighted by Crippen LogP contribution is -2.62. The molecule has 3 amide bonds. The first-order valence-electron chi connectivity index (χ1n) is 17.1. The Bertz CT molecular complexity index is 1820. The Morgan fingerprint density at radius 2 is 1.72 bits per heavy atom. The van der Waals surface area contributed by atoms with Gasteiger partial charge in [0, 0.05) is 36.3 Å². The molecule has 1 saturated heterocycles. The lowest BCUT2D eigenvalue weighted by Gasteiger charge is -2.44. The van der Waals surface area contributed by atoms with E-state index in [2.05, 4.69) is 5.32 Å². The maximum Gasteiger partial charge on any atom is 0.399 e. The van der Waals surface area contributed by atoms with Crippen molar-refractivity contribution in [2.75, 3.05) is 19.7 Å². The van der Waals surface area contributed by atoms with Gasteiger partial charge in [0.1, 0.15) is 12.1 Å². The number of morpholine rings is 1. The molecule has 3 N–H and O–H groups in total. The van der Waals surface area contributed by atoms with Crippen molar-refractivity contribution in [1.29, 1.82) is 0 Å². The molecule has 3 aliphatic rings. The lowest BCUT2D eigenvalue weighted by atomic mass is 9.83. The van der Waals surface area contributed by atoms with Crippen LogP contribution in [-0.4, -0.2) is 75.2 Å². The summed E-state index contributed by atoms with van der Waals surface area (Å²) >= 11 is 1.01. The molecule has 2 fully saturated rings. The zero-order valence-electron chi connectivity index (χ0n) is 28.4. The normalized spacial score (nSPS) is 21.5. The predicted molar refractivity (Wildman–Crippen MR) is 186 cm³/mol. The highest BCUT2D eigenvalue weighted by molar-refractivity contribution is 7.52. The molecule has 0 bridgehead atoms. The van der Waals surface area contributed by atoms with Gasteiger partial charge in [0.05, 0.1) is 17.6 Å². The second kappa shape index (κ2) is 14.1. The molecule has 3 heterocycles. The molecular weight excluding hydrogens is 687 g/mol. The molecule has 2 unspecified atom stereocenters. The van der Waals surface area contributed by atoms with E-state index in [1.54, 1.807) is 4.90 Å². The van der Waals surface area contributed by atoms with Crippen molar-refractivity contribution in [1.82, 2.24) is 15.1 Å². The largest absolute Gasteiger partial charge is 0.399 e. The standard InChI is InChI=1S/C36H44F2N3O7PS/c1-35(2,3)31(39-32(42)30-19-25-17-26(13-14-29(25)50-30)36(37,38)49(45,46)47)34(44)41-20-24-12-8-7-11-23(24)18-27(41)33(43)40-15-16-48-28(21-40)22-9-5-4-6-10-22/h7-8,11-14,17,19,22,27-28,31H,4-6,9-10,15-16,18,20-21H2,1-3H3,(H,39,42)(H2,45,46,47)/t27-,28?,31?/m0/s1. The minimum Gasteiger partial charge on any atom is -0.374 e. The molecule has 1 saturated carbocycles. The highest BCUT2D eigenvalue weighted by atomic mass is 32.1. The van der Waals surface area contributed by atoms with Crippen molar-refractivity contribution in [2.45, 2.75) is 89.7 Å². The van der Waals surface area contributed by atoms with Crippen LogP contribution in [0.15, 0.2) is 48.5 Å². The number of halogens is 2. The van der Waals surface area contributed by atoms with Gasteiger partial charge in [-0.15, -0.1) is 11.3 Å². The molecule has 50 heavy (non-hydrogen) atoms. The molecule has 0 spiro atoms. The molecule has 3 aromatic rings. The second-order valence-electron chi connectivity index (χ2n) is 14.8. The van der Waals surface area contributed by atoms with Crippen LogP contribution in [0.2, 0.25) is 0 Å². The monoisotopic (exact) mass is 731 g/mol. The van der Waals surface area contributed by atoms with E-state index in [0.717, 1.165) is 60.3 Å². The van der Waals surface area contributed by atoms with Gasteiger partial charge in [0.25, 0.3) is 5.91 Å². The van der Waals surface area contributed by atoms with E-state index < -0.39 is 48.1 Å². The van der Waals surface area contributed by atoms with E-state index in [9.17, 15) is 37.5 Å². The van der Waals surface area contributed by atoms with Gasteiger partial charge >= 0.3 is 13.3 Å². The van der Waals surface area contributed by atoms with Gasteiger partial charge in [0.15, 0.2) is 0 Å². The summed E-state index contributed by atoms with van der Waals surface area (Å²) in [7, 11) is -5.78. The molecule has 2 aliphatic heterocycles. The molecular formula is C36H44F2N3O7PS. The van der Waals surface area contributed by atoms with E-state index >= 15 is 0 Å². The molecule has 3 atom stereocenters. The molecule has 10 nitrogen and oxygen atoms in total. The molecule has 6 rings (SSSR count). The Hall–Kier alpha value is -3.22. The molecule has 0 radical (unpaired) electrons. The summed E-state index contributed by atoms with van der Waals surface area (Å²) in [4.78, 5) is 64.6. The van der Waals surface area contributed by atoms with Crippen molar-refractivity contribution in [2.24, 2.45) is 11.3 Å². The van der Waals surface area contributed by atoms with Crippen molar-refractivity contribution < 1.29 is 42.3 Å². The maximum absolute atomic E-state index is 14.6. The maximum atomic E-state index is 14.6. The number of hydrogen-bond donors (Lipinski definition) is 3. The third kappa shape index (κ3) is 7.39. The van der Waals surface area contributed by atoms with Crippen LogP contribution in [-0.2, 0) is 37.5 Å². The smallest absolute Gasteiger partial charge is 0.374 e. The number of benzene rings is 2. The summed E-state index contributed by atoms with van der Waals surface area (Å²) in [5, 5.41) is 3.08. The fourth-order valence-corrected chi connectivity index (χ4v) is 8.80. The number of thiophene rings is 1. The number of ether oxygens (including phenoxy) is 1. The fourth-order valence-electron chi connectivity index (χ4n) is 7.38. The van der Waals surface area contributed by atoms with Gasteiger partial charge in [-0.25, -0.2) is 0 Å². The number of fused-ring (bicyclic) bond motifs is 2. The zero-order valence-corrected chi connectivity index (χ0v) is 30.2. The highest BCUT2D eigenvalue weighted by Crippen LogP contribution is 2.59. The van der Waals surface area contributed by atoms with Gasteiger partial charge in [-0.3, -0.25) is 18.9 Å². The van der Waals surface area contributed by atoms with Crippen LogP contribution in [0.4, 0.5) is 8.78 Å². The summed E-state index contributed by atoms with van der Waals surface area (Å²) in [5.41, 5.74) is -4.11. The lowest BCUT2D eigenvalue weighted by molar-refractivity contribution is -0.155. The van der Waals surface area contributed by atoms with Crippen LogP contribution in [0.3, 0.4) is 0 Å². The first kappa shape index (κ1) is 36.6. The Morgan fingerprint density at radius 3 is 2.40 bits per heavy atom. The molecule has 1 aliphatic carbocycles. The van der Waals surface area contributed by atoms with E-state index in [1.807, 2.05) is 49.9 Å². The minimum atomic E-state index is -5.78. The van der Waals surface area contributed by atoms with Gasteiger partial charge in [-0.2, -0.15) is 8.78 Å². The summed E-state index contributed by atoms with van der Waals surface area (Å²) in [6, 6.07) is 10.5. The molecule has 270 valence electrons. The SMILES string of the molecule is CC(C)(C)C(NC(=O)c1cc2cc(C(F)(F)P(=O)(O)O)ccc2s1)C(=O)N1Cc2ccccc2C[C@H]1C(=O)N1CCOC(C2CCCCC2)C1. The third-order valence-corrected chi connectivity index (χ3v) is 12.3. The first-order chi connectivity index (χ1) is 23.5. The quantitative estimate of drug-likeness (QED) is 0.253. The van der Waals surface area contributed by atoms with E-state index in [0.29, 0.717) is 36.7 Å². The Labute approximate surface area is 294 Å². The van der Waals surface area contributed by atoms with Crippen LogP contribution < -0.4 is 5.32 Å². The van der Waals surface area contributed by atoms with Crippen LogP contribution in [0, 0.1) is 11.3 Å². The number of hydrogen-bond acceptors (Lipinski definition) is 6. The molecule has 2 aromatic carbocycles. The number of amides is 3. The van der Waals surface area contributed by atoms with Crippen LogP contribution >= 0.6 is 18.9 Å². The second-order valence-corrected chi connectivity index (χ2v) is 17.5. The van der Waals surface area contributed by atoms with Crippen molar-refractivity contribution in [3.63, 3.8) is 0 Å². The number of rotatable bonds is 7. The number of carbonyl (C=O) groups is 3. The third-order valence-electron chi connectivity index (χ3n) is 10.2. The summed E-state index contributed by atoms with van der Waals surface area (Å²) in [6.45, 7) is 7.03. The average molecular weight is 732 g/mol. The van der Waals surface area contributed by atoms with Crippen LogP contribution in [0.25, 0.3) is 10.1 Å². The van der Waals surface area contributed by atoms with Gasteiger partial charge in [0.2, 0.25) is 11.8 Å². The topological polar surface area (TPSA) is 136 Å². The van der Waals surface area contributed by atoms with Crippen LogP contribution in [0.1, 0.15) is 79.2 Å². The van der Waals surface area contributed by atoms with E-state index in [1.165, 1.54) is 18.6 Å². The van der Waals surface area contributed by atoms with Crippen molar-refractivity contribution in [3.8, 4) is 0 Å². The van der Waals surface area contributed by atoms with Gasteiger partial charge in [-0.05, 0) is 58.9 Å². The number of carbonyl (C=O) groups excluding carboxylic acids is 3. The minimum absolute atomic E-state index is 0.0324. The number of nitrogens with zero attached hydrogens (tertiary/aromatic N) is 2. The summed E-state index contributed by atoms with van der Waals surface area (Å²) in [6.07, 6.45) is 6.02. The van der Waals surface area contributed by atoms with E-state index in [-0.39, 0.29) is 28.8 Å². The van der Waals surface area contributed by atoms with E-state index in [4.69, 9.17) is 4.74 Å². The Balaban J connectivity index is 1.25. The van der Waals surface area contributed by atoms with Crippen molar-refractivity contribution >= 4 is 46.7 Å². The fraction of sp³-hybridized carbons (Fsp3) is 0.528. The number of alkyl halides is 2. The molecule has 14 heteroatoms.